The van der Waals surface area contributed by atoms with Crippen LogP contribution >= 0.6 is 0 Å². The van der Waals surface area contributed by atoms with Crippen molar-refractivity contribution >= 4 is 0 Å². The van der Waals surface area contributed by atoms with Gasteiger partial charge >= 0.3 is 0 Å². The molecule has 2 aliphatic rings. The van der Waals surface area contributed by atoms with Gasteiger partial charge in [0.25, 0.3) is 0 Å². The SMILES string of the molecule is c1ccc(CN2CCCC3(CCCNC3)CC2)cc1. The normalized spacial score (nSPS) is 29.3. The number of hydrogen-bond donors (Lipinski definition) is 1. The van der Waals surface area contributed by atoms with Crippen LogP contribution in [0.3, 0.4) is 0 Å². The van der Waals surface area contributed by atoms with E-state index in [1.807, 2.05) is 0 Å². The molecule has 2 heteroatoms. The van der Waals surface area contributed by atoms with E-state index in [1.165, 1.54) is 63.8 Å². The zero-order valence-electron chi connectivity index (χ0n) is 11.9. The van der Waals surface area contributed by atoms with E-state index in [2.05, 4.69) is 40.5 Å². The first-order valence-electron chi connectivity index (χ1n) is 7.83. The fourth-order valence-corrected chi connectivity index (χ4v) is 3.77. The Morgan fingerprint density at radius 2 is 1.84 bits per heavy atom. The summed E-state index contributed by atoms with van der Waals surface area (Å²) in [4.78, 5) is 2.65. The molecule has 0 amide bonds. The monoisotopic (exact) mass is 258 g/mol. The molecule has 1 N–H and O–H groups in total. The standard InChI is InChI=1S/C17H26N2/c1-2-6-16(7-3-1)14-19-12-5-9-17(10-13-19)8-4-11-18-15-17/h1-3,6-7,18H,4-5,8-15H2. The van der Waals surface area contributed by atoms with Crippen LogP contribution in [-0.4, -0.2) is 31.1 Å². The highest BCUT2D eigenvalue weighted by Crippen LogP contribution is 2.37. The second kappa shape index (κ2) is 6.06. The number of nitrogens with zero attached hydrogens (tertiary/aromatic N) is 1. The van der Waals surface area contributed by atoms with E-state index >= 15 is 0 Å². The van der Waals surface area contributed by atoms with E-state index in [1.54, 1.807) is 0 Å². The molecule has 1 spiro atoms. The molecule has 2 aliphatic heterocycles. The predicted octanol–water partition coefficient (Wildman–Crippen LogP) is 3.04. The van der Waals surface area contributed by atoms with Gasteiger partial charge in [-0.1, -0.05) is 30.3 Å². The minimum absolute atomic E-state index is 0.615. The summed E-state index contributed by atoms with van der Waals surface area (Å²) in [6, 6.07) is 10.9. The van der Waals surface area contributed by atoms with Crippen molar-refractivity contribution in [1.82, 2.24) is 10.2 Å². The highest BCUT2D eigenvalue weighted by Gasteiger charge is 2.33. The maximum absolute atomic E-state index is 3.62. The van der Waals surface area contributed by atoms with Crippen LogP contribution in [0.1, 0.15) is 37.7 Å². The second-order valence-corrected chi connectivity index (χ2v) is 6.40. The Bertz CT molecular complexity index is 382. The van der Waals surface area contributed by atoms with E-state index in [0.717, 1.165) is 6.54 Å². The summed E-state index contributed by atoms with van der Waals surface area (Å²) in [6.45, 7) is 6.17. The van der Waals surface area contributed by atoms with Gasteiger partial charge in [-0.15, -0.1) is 0 Å². The Hall–Kier alpha value is -0.860. The van der Waals surface area contributed by atoms with Crippen molar-refractivity contribution in [3.8, 4) is 0 Å². The van der Waals surface area contributed by atoms with Crippen LogP contribution in [0.4, 0.5) is 0 Å². The second-order valence-electron chi connectivity index (χ2n) is 6.40. The number of nitrogens with one attached hydrogen (secondary N) is 1. The van der Waals surface area contributed by atoms with Gasteiger partial charge in [0.05, 0.1) is 0 Å². The minimum atomic E-state index is 0.615. The van der Waals surface area contributed by atoms with Crippen molar-refractivity contribution in [3.05, 3.63) is 35.9 Å². The molecular weight excluding hydrogens is 232 g/mol. The lowest BCUT2D eigenvalue weighted by Gasteiger charge is -2.37. The van der Waals surface area contributed by atoms with Crippen molar-refractivity contribution in [2.24, 2.45) is 5.41 Å². The van der Waals surface area contributed by atoms with E-state index in [9.17, 15) is 0 Å². The van der Waals surface area contributed by atoms with Gasteiger partial charge in [-0.2, -0.15) is 0 Å². The first-order valence-corrected chi connectivity index (χ1v) is 7.83. The summed E-state index contributed by atoms with van der Waals surface area (Å²) >= 11 is 0. The molecule has 0 saturated carbocycles. The fourth-order valence-electron chi connectivity index (χ4n) is 3.77. The molecule has 1 aromatic carbocycles. The topological polar surface area (TPSA) is 15.3 Å². The summed E-state index contributed by atoms with van der Waals surface area (Å²) < 4.78 is 0. The average molecular weight is 258 g/mol. The van der Waals surface area contributed by atoms with Crippen molar-refractivity contribution in [2.75, 3.05) is 26.2 Å². The Balaban J connectivity index is 1.58. The van der Waals surface area contributed by atoms with Gasteiger partial charge in [-0.05, 0) is 62.7 Å². The zero-order chi connectivity index (χ0) is 13.0. The number of rotatable bonds is 2. The molecule has 1 unspecified atom stereocenters. The maximum atomic E-state index is 3.62. The number of benzene rings is 1. The Morgan fingerprint density at radius 1 is 1.00 bits per heavy atom. The minimum Gasteiger partial charge on any atom is -0.316 e. The van der Waals surface area contributed by atoms with Crippen molar-refractivity contribution in [3.63, 3.8) is 0 Å². The molecule has 0 bridgehead atoms. The number of likely N-dealkylation sites (tertiary alicyclic amines) is 1. The number of hydrogen-bond acceptors (Lipinski definition) is 2. The Morgan fingerprint density at radius 3 is 2.63 bits per heavy atom. The summed E-state index contributed by atoms with van der Waals surface area (Å²) in [7, 11) is 0. The van der Waals surface area contributed by atoms with Gasteiger partial charge < -0.3 is 5.32 Å². The van der Waals surface area contributed by atoms with Gasteiger partial charge in [0, 0.05) is 13.1 Å². The third kappa shape index (κ3) is 3.37. The molecule has 2 saturated heterocycles. The van der Waals surface area contributed by atoms with Crippen molar-refractivity contribution in [2.45, 2.75) is 38.6 Å². The van der Waals surface area contributed by atoms with Gasteiger partial charge in [-0.25, -0.2) is 0 Å². The zero-order valence-corrected chi connectivity index (χ0v) is 11.9. The summed E-state index contributed by atoms with van der Waals surface area (Å²) in [5.74, 6) is 0. The summed E-state index contributed by atoms with van der Waals surface area (Å²) in [5, 5.41) is 3.62. The molecular formula is C17H26N2. The van der Waals surface area contributed by atoms with Crippen molar-refractivity contribution < 1.29 is 0 Å². The highest BCUT2D eigenvalue weighted by atomic mass is 15.1. The molecule has 0 aliphatic carbocycles. The molecule has 1 aromatic rings. The smallest absolute Gasteiger partial charge is 0.0233 e. The molecule has 1 atom stereocenters. The maximum Gasteiger partial charge on any atom is 0.0233 e. The van der Waals surface area contributed by atoms with E-state index in [4.69, 9.17) is 0 Å². The molecule has 2 nitrogen and oxygen atoms in total. The largest absolute Gasteiger partial charge is 0.316 e. The van der Waals surface area contributed by atoms with Gasteiger partial charge in [0.15, 0.2) is 0 Å². The van der Waals surface area contributed by atoms with Crippen LogP contribution in [0, 0.1) is 5.41 Å². The molecule has 2 heterocycles. The quantitative estimate of drug-likeness (QED) is 0.877. The molecule has 19 heavy (non-hydrogen) atoms. The Kier molecular flexibility index (Phi) is 4.19. The lowest BCUT2D eigenvalue weighted by Crippen LogP contribution is -2.40. The molecule has 104 valence electrons. The first-order chi connectivity index (χ1) is 9.36. The highest BCUT2D eigenvalue weighted by molar-refractivity contribution is 5.14. The lowest BCUT2D eigenvalue weighted by atomic mass is 9.75. The Labute approximate surface area is 117 Å². The van der Waals surface area contributed by atoms with Crippen LogP contribution in [0.2, 0.25) is 0 Å². The van der Waals surface area contributed by atoms with Gasteiger partial charge in [0.1, 0.15) is 0 Å². The lowest BCUT2D eigenvalue weighted by molar-refractivity contribution is 0.173. The van der Waals surface area contributed by atoms with Crippen LogP contribution < -0.4 is 5.32 Å². The third-order valence-electron chi connectivity index (χ3n) is 4.95. The van der Waals surface area contributed by atoms with Crippen LogP contribution in [0.15, 0.2) is 30.3 Å². The van der Waals surface area contributed by atoms with Crippen molar-refractivity contribution in [1.29, 1.82) is 0 Å². The van der Waals surface area contributed by atoms with E-state index in [-0.39, 0.29) is 0 Å². The number of piperidine rings is 1. The van der Waals surface area contributed by atoms with Crippen LogP contribution in [0.25, 0.3) is 0 Å². The average Bonchev–Trinajstić information content (AvgIpc) is 2.64. The van der Waals surface area contributed by atoms with Crippen LogP contribution in [-0.2, 0) is 6.54 Å². The van der Waals surface area contributed by atoms with E-state index < -0.39 is 0 Å². The molecule has 0 aromatic heterocycles. The van der Waals surface area contributed by atoms with E-state index in [0.29, 0.717) is 5.41 Å². The molecule has 3 rings (SSSR count). The molecule has 0 radical (unpaired) electrons. The predicted molar refractivity (Wildman–Crippen MR) is 80.1 cm³/mol. The van der Waals surface area contributed by atoms with Gasteiger partial charge in [0.2, 0.25) is 0 Å². The fraction of sp³-hybridized carbons (Fsp3) is 0.647. The summed E-state index contributed by atoms with van der Waals surface area (Å²) in [5.41, 5.74) is 2.07. The van der Waals surface area contributed by atoms with Gasteiger partial charge in [-0.3, -0.25) is 4.90 Å². The summed E-state index contributed by atoms with van der Waals surface area (Å²) in [6.07, 6.45) is 6.99. The first kappa shape index (κ1) is 13.1. The van der Waals surface area contributed by atoms with Crippen LogP contribution in [0.5, 0.6) is 0 Å². The molecule has 2 fully saturated rings. The third-order valence-corrected chi connectivity index (χ3v) is 4.95.